The summed E-state index contributed by atoms with van der Waals surface area (Å²) in [6.45, 7) is 2.86. The van der Waals surface area contributed by atoms with Gasteiger partial charge in [0.25, 0.3) is 0 Å². The molecule has 0 radical (unpaired) electrons. The Morgan fingerprint density at radius 2 is 1.71 bits per heavy atom. The number of nitrogens with one attached hydrogen (secondary N) is 1. The molecular formula is C22H24F3N5O. The summed E-state index contributed by atoms with van der Waals surface area (Å²) in [5.41, 5.74) is -0.00949. The van der Waals surface area contributed by atoms with E-state index in [4.69, 9.17) is 0 Å². The van der Waals surface area contributed by atoms with Crippen LogP contribution in [0.2, 0.25) is 0 Å². The van der Waals surface area contributed by atoms with Crippen LogP contribution < -0.4 is 0 Å². The fourth-order valence-corrected chi connectivity index (χ4v) is 5.73. The number of carbonyl (C=O) groups is 1. The predicted octanol–water partition coefficient (Wildman–Crippen LogP) is 3.80. The Labute approximate surface area is 177 Å². The SMILES string of the molecule is O=C(N1CC(c2ccc(C3(C(F)(F)F)CC3)cc2)C1)N1CC2(CC(c3ncn[nH]3)C2)C1. The van der Waals surface area contributed by atoms with Crippen LogP contribution in [0, 0.1) is 5.41 Å². The highest BCUT2D eigenvalue weighted by Crippen LogP contribution is 2.59. The normalized spacial score (nSPS) is 24.5. The van der Waals surface area contributed by atoms with Crippen molar-refractivity contribution < 1.29 is 18.0 Å². The maximum absolute atomic E-state index is 13.3. The zero-order valence-electron chi connectivity index (χ0n) is 17.0. The second-order valence-electron chi connectivity index (χ2n) is 9.92. The van der Waals surface area contributed by atoms with Crippen molar-refractivity contribution in [1.82, 2.24) is 25.0 Å². The van der Waals surface area contributed by atoms with Crippen molar-refractivity contribution in [2.45, 2.75) is 49.1 Å². The molecule has 2 amide bonds. The first kappa shape index (κ1) is 19.1. The minimum absolute atomic E-state index is 0.0793. The van der Waals surface area contributed by atoms with Crippen LogP contribution in [-0.4, -0.2) is 63.4 Å². The minimum Gasteiger partial charge on any atom is -0.323 e. The van der Waals surface area contributed by atoms with E-state index in [1.165, 1.54) is 6.33 Å². The third kappa shape index (κ3) is 2.88. The molecule has 3 heterocycles. The smallest absolute Gasteiger partial charge is 0.323 e. The number of H-pyrrole nitrogens is 1. The third-order valence-electron chi connectivity index (χ3n) is 7.88. The summed E-state index contributed by atoms with van der Waals surface area (Å²) in [6.07, 6.45) is -0.208. The molecule has 1 aromatic carbocycles. The lowest BCUT2D eigenvalue weighted by Crippen LogP contribution is -2.67. The molecular weight excluding hydrogens is 407 g/mol. The van der Waals surface area contributed by atoms with E-state index in [1.807, 2.05) is 21.9 Å². The summed E-state index contributed by atoms with van der Waals surface area (Å²) in [6, 6.07) is 6.95. The lowest BCUT2D eigenvalue weighted by atomic mass is 9.57. The first-order valence-electron chi connectivity index (χ1n) is 10.8. The molecule has 2 saturated heterocycles. The molecule has 6 nitrogen and oxygen atoms in total. The molecule has 4 fully saturated rings. The Bertz CT molecular complexity index is 979. The average Bonchev–Trinajstić information content (AvgIpc) is 3.29. The zero-order chi connectivity index (χ0) is 21.4. The molecule has 6 rings (SSSR count). The monoisotopic (exact) mass is 431 g/mol. The third-order valence-corrected chi connectivity index (χ3v) is 7.88. The molecule has 1 N–H and O–H groups in total. The summed E-state index contributed by atoms with van der Waals surface area (Å²) in [5, 5.41) is 6.84. The van der Waals surface area contributed by atoms with Gasteiger partial charge in [-0.3, -0.25) is 5.10 Å². The van der Waals surface area contributed by atoms with E-state index < -0.39 is 11.6 Å². The van der Waals surface area contributed by atoms with E-state index >= 15 is 0 Å². The number of urea groups is 1. The molecule has 9 heteroatoms. The Morgan fingerprint density at radius 3 is 2.26 bits per heavy atom. The van der Waals surface area contributed by atoms with Crippen LogP contribution in [0.3, 0.4) is 0 Å². The maximum atomic E-state index is 13.3. The molecule has 1 aromatic heterocycles. The van der Waals surface area contributed by atoms with Crippen LogP contribution in [0.1, 0.15) is 54.5 Å². The first-order valence-corrected chi connectivity index (χ1v) is 10.8. The van der Waals surface area contributed by atoms with E-state index in [2.05, 4.69) is 15.2 Å². The van der Waals surface area contributed by atoms with E-state index in [-0.39, 0.29) is 30.2 Å². The Morgan fingerprint density at radius 1 is 1.03 bits per heavy atom. The van der Waals surface area contributed by atoms with Gasteiger partial charge in [0.15, 0.2) is 0 Å². The van der Waals surface area contributed by atoms with Crippen LogP contribution in [0.5, 0.6) is 0 Å². The molecule has 2 aliphatic heterocycles. The highest BCUT2D eigenvalue weighted by atomic mass is 19.4. The lowest BCUT2D eigenvalue weighted by Gasteiger charge is -2.59. The van der Waals surface area contributed by atoms with Gasteiger partial charge in [-0.05, 0) is 36.8 Å². The topological polar surface area (TPSA) is 65.1 Å². The van der Waals surface area contributed by atoms with Crippen LogP contribution in [0.25, 0.3) is 0 Å². The summed E-state index contributed by atoms with van der Waals surface area (Å²) >= 11 is 0. The van der Waals surface area contributed by atoms with Crippen LogP contribution in [0.15, 0.2) is 30.6 Å². The number of nitrogens with zero attached hydrogens (tertiary/aromatic N) is 4. The molecule has 0 unspecified atom stereocenters. The van der Waals surface area contributed by atoms with Crippen molar-refractivity contribution in [1.29, 1.82) is 0 Å². The highest BCUT2D eigenvalue weighted by molar-refractivity contribution is 5.77. The van der Waals surface area contributed by atoms with Crippen molar-refractivity contribution >= 4 is 6.03 Å². The van der Waals surface area contributed by atoms with E-state index in [9.17, 15) is 18.0 Å². The number of hydrogen-bond acceptors (Lipinski definition) is 3. The van der Waals surface area contributed by atoms with Crippen molar-refractivity contribution in [3.05, 3.63) is 47.5 Å². The molecule has 1 spiro atoms. The number of halogens is 3. The van der Waals surface area contributed by atoms with Gasteiger partial charge in [-0.1, -0.05) is 24.3 Å². The molecule has 2 aliphatic carbocycles. The first-order chi connectivity index (χ1) is 14.8. The predicted molar refractivity (Wildman–Crippen MR) is 105 cm³/mol. The number of amides is 2. The van der Waals surface area contributed by atoms with Gasteiger partial charge in [0.05, 0.1) is 5.41 Å². The van der Waals surface area contributed by atoms with Gasteiger partial charge in [0.2, 0.25) is 0 Å². The minimum atomic E-state index is -4.18. The number of rotatable bonds is 3. The summed E-state index contributed by atoms with van der Waals surface area (Å²) in [4.78, 5) is 20.7. The van der Waals surface area contributed by atoms with Gasteiger partial charge in [-0.15, -0.1) is 0 Å². The number of likely N-dealkylation sites (tertiary alicyclic amines) is 2. The summed E-state index contributed by atoms with van der Waals surface area (Å²) in [7, 11) is 0. The van der Waals surface area contributed by atoms with Gasteiger partial charge >= 0.3 is 12.2 Å². The largest absolute Gasteiger partial charge is 0.398 e. The molecule has 0 bridgehead atoms. The number of benzene rings is 1. The van der Waals surface area contributed by atoms with Gasteiger partial charge in [0, 0.05) is 43.4 Å². The number of alkyl halides is 3. The highest BCUT2D eigenvalue weighted by Gasteiger charge is 2.64. The molecule has 4 aliphatic rings. The summed E-state index contributed by atoms with van der Waals surface area (Å²) in [5.74, 6) is 1.56. The van der Waals surface area contributed by atoms with Crippen molar-refractivity contribution in [3.8, 4) is 0 Å². The van der Waals surface area contributed by atoms with Crippen molar-refractivity contribution in [3.63, 3.8) is 0 Å². The molecule has 0 atom stereocenters. The van der Waals surface area contributed by atoms with Gasteiger partial charge < -0.3 is 9.80 Å². The Hall–Kier alpha value is -2.58. The van der Waals surface area contributed by atoms with Crippen LogP contribution >= 0.6 is 0 Å². The van der Waals surface area contributed by atoms with Crippen molar-refractivity contribution in [2.24, 2.45) is 5.41 Å². The van der Waals surface area contributed by atoms with E-state index in [1.54, 1.807) is 12.1 Å². The Balaban J connectivity index is 0.998. The van der Waals surface area contributed by atoms with E-state index in [0.29, 0.717) is 24.6 Å². The fourth-order valence-electron chi connectivity index (χ4n) is 5.73. The number of aromatic nitrogens is 3. The van der Waals surface area contributed by atoms with Gasteiger partial charge in [0.1, 0.15) is 12.2 Å². The maximum Gasteiger partial charge on any atom is 0.398 e. The number of hydrogen-bond donors (Lipinski definition) is 1. The van der Waals surface area contributed by atoms with E-state index in [0.717, 1.165) is 37.3 Å². The standard InChI is InChI=1S/C22H24F3N5O/c23-22(24,25)21(5-6-21)17-3-1-14(2-4-17)16-9-29(10-16)19(31)30-11-20(12-30)7-15(8-20)18-26-13-27-28-18/h1-4,13,15-16H,5-12H2,(H,26,27,28). The number of aromatic amines is 1. The van der Waals surface area contributed by atoms with Gasteiger partial charge in [-0.25, -0.2) is 9.78 Å². The zero-order valence-corrected chi connectivity index (χ0v) is 17.0. The fraction of sp³-hybridized carbons (Fsp3) is 0.591. The lowest BCUT2D eigenvalue weighted by molar-refractivity contribution is -0.160. The van der Waals surface area contributed by atoms with Gasteiger partial charge in [-0.2, -0.15) is 18.3 Å². The van der Waals surface area contributed by atoms with Crippen LogP contribution in [-0.2, 0) is 5.41 Å². The summed E-state index contributed by atoms with van der Waals surface area (Å²) < 4.78 is 39.9. The quantitative estimate of drug-likeness (QED) is 0.804. The molecule has 164 valence electrons. The van der Waals surface area contributed by atoms with Crippen LogP contribution in [0.4, 0.5) is 18.0 Å². The van der Waals surface area contributed by atoms with Crippen molar-refractivity contribution in [2.75, 3.05) is 26.2 Å². The molecule has 31 heavy (non-hydrogen) atoms. The number of carbonyl (C=O) groups excluding carboxylic acids is 1. The molecule has 2 saturated carbocycles. The molecule has 2 aromatic rings. The Kier molecular flexibility index (Phi) is 3.85. The average molecular weight is 431 g/mol. The second-order valence-corrected chi connectivity index (χ2v) is 9.92. The second kappa shape index (κ2) is 6.23.